The van der Waals surface area contributed by atoms with E-state index in [-0.39, 0.29) is 13.2 Å². The Morgan fingerprint density at radius 2 is 2.25 bits per heavy atom. The number of carbonyl (C=O) groups excluding carboxylic acids is 1. The molecule has 0 bridgehead atoms. The van der Waals surface area contributed by atoms with Crippen LogP contribution in [0.5, 0.6) is 0 Å². The quantitative estimate of drug-likeness (QED) is 0.628. The lowest BCUT2D eigenvalue weighted by atomic mass is 10.2. The predicted octanol–water partition coefficient (Wildman–Crippen LogP) is 1.63. The normalized spacial score (nSPS) is 10.6. The Kier molecular flexibility index (Phi) is 3.07. The van der Waals surface area contributed by atoms with Crippen molar-refractivity contribution in [1.82, 2.24) is 0 Å². The number of aliphatic hydroxyl groups is 1. The van der Waals surface area contributed by atoms with E-state index in [9.17, 15) is 4.79 Å². The van der Waals surface area contributed by atoms with Gasteiger partial charge in [-0.15, -0.1) is 11.3 Å². The molecule has 16 heavy (non-hydrogen) atoms. The van der Waals surface area contributed by atoms with Crippen LogP contribution in [0.4, 0.5) is 5.69 Å². The first-order chi connectivity index (χ1) is 7.70. The number of thiophene rings is 1. The molecule has 0 saturated heterocycles. The van der Waals surface area contributed by atoms with Crippen molar-refractivity contribution < 1.29 is 14.6 Å². The van der Waals surface area contributed by atoms with Crippen molar-refractivity contribution in [2.45, 2.75) is 0 Å². The molecule has 0 aliphatic heterocycles. The smallest absolute Gasteiger partial charge is 0.348 e. The molecule has 0 unspecified atom stereocenters. The van der Waals surface area contributed by atoms with E-state index in [1.165, 1.54) is 11.3 Å². The molecule has 2 rings (SSSR count). The van der Waals surface area contributed by atoms with Crippen LogP contribution in [-0.4, -0.2) is 24.3 Å². The third-order valence-electron chi connectivity index (χ3n) is 2.07. The Labute approximate surface area is 96.3 Å². The lowest BCUT2D eigenvalue weighted by Gasteiger charge is -1.98. The summed E-state index contributed by atoms with van der Waals surface area (Å²) in [6, 6.07) is 7.23. The molecule has 3 N–H and O–H groups in total. The molecule has 0 aliphatic rings. The molecule has 0 amide bonds. The van der Waals surface area contributed by atoms with Crippen molar-refractivity contribution in [3.63, 3.8) is 0 Å². The summed E-state index contributed by atoms with van der Waals surface area (Å²) in [4.78, 5) is 12.0. The Bertz CT molecular complexity index is 521. The van der Waals surface area contributed by atoms with E-state index in [0.29, 0.717) is 10.6 Å². The second-order valence-electron chi connectivity index (χ2n) is 3.27. The standard InChI is InChI=1S/C11H11NO3S/c12-8-1-2-9-7(5-8)6-10(16-9)11(14)15-4-3-13/h1-2,5-6,13H,3-4,12H2. The second kappa shape index (κ2) is 4.51. The molecule has 84 valence electrons. The maximum absolute atomic E-state index is 11.5. The molecule has 5 heteroatoms. The number of nitrogens with two attached hydrogens (primary N) is 1. The highest BCUT2D eigenvalue weighted by molar-refractivity contribution is 7.20. The van der Waals surface area contributed by atoms with Crippen molar-refractivity contribution in [3.05, 3.63) is 29.1 Å². The van der Waals surface area contributed by atoms with Crippen LogP contribution in [0.3, 0.4) is 0 Å². The number of aliphatic hydroxyl groups excluding tert-OH is 1. The second-order valence-corrected chi connectivity index (χ2v) is 4.35. The molecule has 4 nitrogen and oxygen atoms in total. The highest BCUT2D eigenvalue weighted by atomic mass is 32.1. The third kappa shape index (κ3) is 2.15. The van der Waals surface area contributed by atoms with Gasteiger partial charge in [-0.1, -0.05) is 0 Å². The average Bonchev–Trinajstić information content (AvgIpc) is 2.68. The molecular weight excluding hydrogens is 226 g/mol. The van der Waals surface area contributed by atoms with Gasteiger partial charge in [0.15, 0.2) is 0 Å². The predicted molar refractivity (Wildman–Crippen MR) is 63.6 cm³/mol. The van der Waals surface area contributed by atoms with Crippen molar-refractivity contribution in [3.8, 4) is 0 Å². The maximum Gasteiger partial charge on any atom is 0.348 e. The van der Waals surface area contributed by atoms with Gasteiger partial charge < -0.3 is 15.6 Å². The van der Waals surface area contributed by atoms with Crippen LogP contribution in [0.15, 0.2) is 24.3 Å². The van der Waals surface area contributed by atoms with Crippen LogP contribution in [0.1, 0.15) is 9.67 Å². The molecule has 2 aromatic rings. The minimum absolute atomic E-state index is 0.0230. The first-order valence-electron chi connectivity index (χ1n) is 4.78. The molecule has 1 aromatic heterocycles. The Morgan fingerprint density at radius 3 is 3.00 bits per heavy atom. The number of hydrogen-bond acceptors (Lipinski definition) is 5. The lowest BCUT2D eigenvalue weighted by Crippen LogP contribution is -2.06. The van der Waals surface area contributed by atoms with Crippen LogP contribution in [-0.2, 0) is 4.74 Å². The van der Waals surface area contributed by atoms with E-state index in [1.807, 2.05) is 12.1 Å². The van der Waals surface area contributed by atoms with Crippen LogP contribution in [0, 0.1) is 0 Å². The molecule has 1 heterocycles. The van der Waals surface area contributed by atoms with Gasteiger partial charge in [0.05, 0.1) is 6.61 Å². The van der Waals surface area contributed by atoms with Gasteiger partial charge in [-0.25, -0.2) is 4.79 Å². The number of benzene rings is 1. The molecule has 0 spiro atoms. The molecule has 0 saturated carbocycles. The van der Waals surface area contributed by atoms with Crippen LogP contribution in [0.25, 0.3) is 10.1 Å². The summed E-state index contributed by atoms with van der Waals surface area (Å²) < 4.78 is 5.82. The fraction of sp³-hybridized carbons (Fsp3) is 0.182. The number of fused-ring (bicyclic) bond motifs is 1. The molecule has 1 aromatic carbocycles. The summed E-state index contributed by atoms with van der Waals surface area (Å²) in [5.41, 5.74) is 6.31. The minimum Gasteiger partial charge on any atom is -0.459 e. The lowest BCUT2D eigenvalue weighted by molar-refractivity contribution is 0.0439. The topological polar surface area (TPSA) is 72.6 Å². The third-order valence-corrected chi connectivity index (χ3v) is 3.16. The number of ether oxygens (including phenoxy) is 1. The Balaban J connectivity index is 2.28. The Morgan fingerprint density at radius 1 is 1.44 bits per heavy atom. The largest absolute Gasteiger partial charge is 0.459 e. The number of rotatable bonds is 3. The van der Waals surface area contributed by atoms with Gasteiger partial charge in [-0.05, 0) is 29.7 Å². The first-order valence-corrected chi connectivity index (χ1v) is 5.59. The van der Waals surface area contributed by atoms with Crippen molar-refractivity contribution in [2.75, 3.05) is 18.9 Å². The van der Waals surface area contributed by atoms with Gasteiger partial charge in [0.1, 0.15) is 11.5 Å². The van der Waals surface area contributed by atoms with E-state index in [4.69, 9.17) is 15.6 Å². The van der Waals surface area contributed by atoms with Gasteiger partial charge in [0.25, 0.3) is 0 Å². The van der Waals surface area contributed by atoms with E-state index >= 15 is 0 Å². The summed E-state index contributed by atoms with van der Waals surface area (Å²) in [6.45, 7) is -0.140. The summed E-state index contributed by atoms with van der Waals surface area (Å²) in [5.74, 6) is -0.408. The van der Waals surface area contributed by atoms with Crippen LogP contribution in [0.2, 0.25) is 0 Å². The number of nitrogen functional groups attached to an aromatic ring is 1. The van der Waals surface area contributed by atoms with Crippen molar-refractivity contribution in [2.24, 2.45) is 0 Å². The highest BCUT2D eigenvalue weighted by Crippen LogP contribution is 2.27. The van der Waals surface area contributed by atoms with Gasteiger partial charge >= 0.3 is 5.97 Å². The fourth-order valence-electron chi connectivity index (χ4n) is 1.37. The number of esters is 1. The molecule has 0 radical (unpaired) electrons. The number of carbonyl (C=O) groups is 1. The zero-order valence-electron chi connectivity index (χ0n) is 8.47. The molecule has 0 atom stereocenters. The average molecular weight is 237 g/mol. The van der Waals surface area contributed by atoms with Gasteiger partial charge in [-0.2, -0.15) is 0 Å². The first kappa shape index (κ1) is 10.9. The van der Waals surface area contributed by atoms with Gasteiger partial charge in [-0.3, -0.25) is 0 Å². The minimum atomic E-state index is -0.408. The zero-order chi connectivity index (χ0) is 11.5. The summed E-state index contributed by atoms with van der Waals surface area (Å²) in [7, 11) is 0. The van der Waals surface area contributed by atoms with Gasteiger partial charge in [0, 0.05) is 10.4 Å². The maximum atomic E-state index is 11.5. The molecule has 0 fully saturated rings. The monoisotopic (exact) mass is 237 g/mol. The van der Waals surface area contributed by atoms with Crippen molar-refractivity contribution in [1.29, 1.82) is 0 Å². The zero-order valence-corrected chi connectivity index (χ0v) is 9.29. The highest BCUT2D eigenvalue weighted by Gasteiger charge is 2.11. The number of anilines is 1. The van der Waals surface area contributed by atoms with E-state index in [0.717, 1.165) is 10.1 Å². The van der Waals surface area contributed by atoms with E-state index < -0.39 is 5.97 Å². The van der Waals surface area contributed by atoms with E-state index in [1.54, 1.807) is 12.1 Å². The number of hydrogen-bond donors (Lipinski definition) is 2. The van der Waals surface area contributed by atoms with Crippen LogP contribution < -0.4 is 5.73 Å². The van der Waals surface area contributed by atoms with E-state index in [2.05, 4.69) is 0 Å². The molecular formula is C11H11NO3S. The van der Waals surface area contributed by atoms with Gasteiger partial charge in [0.2, 0.25) is 0 Å². The Hall–Kier alpha value is -1.59. The summed E-state index contributed by atoms with van der Waals surface area (Å²) in [6.07, 6.45) is 0. The summed E-state index contributed by atoms with van der Waals surface area (Å²) >= 11 is 1.35. The summed E-state index contributed by atoms with van der Waals surface area (Å²) in [5, 5.41) is 9.48. The SMILES string of the molecule is Nc1ccc2sc(C(=O)OCCO)cc2c1. The van der Waals surface area contributed by atoms with Crippen molar-refractivity contribution >= 4 is 33.1 Å². The fourth-order valence-corrected chi connectivity index (χ4v) is 2.31. The molecule has 0 aliphatic carbocycles. The van der Waals surface area contributed by atoms with Crippen LogP contribution >= 0.6 is 11.3 Å².